The zero-order valence-corrected chi connectivity index (χ0v) is 18.4. The minimum absolute atomic E-state index is 0.0316. The van der Waals surface area contributed by atoms with Crippen molar-refractivity contribution in [2.75, 3.05) is 25.5 Å². The first kappa shape index (κ1) is 21.3. The minimum atomic E-state index is -0.345. The molecule has 0 saturated carbocycles. The van der Waals surface area contributed by atoms with Crippen molar-refractivity contribution in [2.24, 2.45) is 0 Å². The van der Waals surface area contributed by atoms with Crippen LogP contribution in [-0.2, 0) is 0 Å². The first-order chi connectivity index (χ1) is 15.0. The molecule has 0 radical (unpaired) electrons. The third kappa shape index (κ3) is 4.56. The van der Waals surface area contributed by atoms with Crippen molar-refractivity contribution in [3.05, 3.63) is 41.3 Å². The van der Waals surface area contributed by atoms with Crippen LogP contribution in [0.3, 0.4) is 0 Å². The van der Waals surface area contributed by atoms with Crippen molar-refractivity contribution in [1.82, 2.24) is 24.9 Å². The summed E-state index contributed by atoms with van der Waals surface area (Å²) in [5.41, 5.74) is 2.54. The number of piperidine rings is 1. The minimum Gasteiger partial charge on any atom is -0.496 e. The second-order valence-electron chi connectivity index (χ2n) is 8.16. The quantitative estimate of drug-likeness (QED) is 0.593. The van der Waals surface area contributed by atoms with E-state index in [-0.39, 0.29) is 23.9 Å². The molecule has 1 aliphatic rings. The Morgan fingerprint density at radius 3 is 2.77 bits per heavy atom. The lowest BCUT2D eigenvalue weighted by atomic mass is 10.1. The summed E-state index contributed by atoms with van der Waals surface area (Å²) in [5.74, 6) is 0.884. The first-order valence-electron chi connectivity index (χ1n) is 10.7. The Morgan fingerprint density at radius 2 is 2.06 bits per heavy atom. The van der Waals surface area contributed by atoms with Gasteiger partial charge in [0, 0.05) is 23.7 Å². The van der Waals surface area contributed by atoms with E-state index >= 15 is 0 Å². The molecule has 8 nitrogen and oxygen atoms in total. The van der Waals surface area contributed by atoms with Gasteiger partial charge in [-0.05, 0) is 38.3 Å². The molecule has 0 bridgehead atoms. The highest BCUT2D eigenvalue weighted by molar-refractivity contribution is 5.53. The molecule has 166 valence electrons. The highest BCUT2D eigenvalue weighted by Crippen LogP contribution is 2.30. The van der Waals surface area contributed by atoms with Crippen LogP contribution in [0, 0.1) is 5.82 Å². The summed E-state index contributed by atoms with van der Waals surface area (Å²) in [6.45, 7) is 7.94. The Labute approximate surface area is 181 Å². The molecule has 1 aliphatic heterocycles. The van der Waals surface area contributed by atoms with Gasteiger partial charge in [-0.2, -0.15) is 19.6 Å². The third-order valence-electron chi connectivity index (χ3n) is 5.53. The van der Waals surface area contributed by atoms with Crippen LogP contribution < -0.4 is 20.1 Å². The summed E-state index contributed by atoms with van der Waals surface area (Å²) in [7, 11) is 1.53. The number of aromatic nitrogens is 4. The number of hydrogen-bond acceptors (Lipinski definition) is 7. The topological polar surface area (TPSA) is 85.6 Å². The van der Waals surface area contributed by atoms with Crippen LogP contribution in [0.4, 0.5) is 10.3 Å². The Hall–Kier alpha value is -2.94. The van der Waals surface area contributed by atoms with Crippen LogP contribution in [0.2, 0.25) is 0 Å². The van der Waals surface area contributed by atoms with Crippen molar-refractivity contribution in [2.45, 2.75) is 51.7 Å². The molecule has 1 fully saturated rings. The molecule has 0 unspecified atom stereocenters. The number of benzene rings is 1. The maximum absolute atomic E-state index is 13.6. The Kier molecular flexibility index (Phi) is 6.22. The summed E-state index contributed by atoms with van der Waals surface area (Å²) < 4.78 is 26.8. The van der Waals surface area contributed by atoms with E-state index in [2.05, 4.69) is 39.5 Å². The summed E-state index contributed by atoms with van der Waals surface area (Å²) in [6.07, 6.45) is 3.87. The molecule has 31 heavy (non-hydrogen) atoms. The average Bonchev–Trinajstić information content (AvgIpc) is 3.19. The summed E-state index contributed by atoms with van der Waals surface area (Å²) in [6, 6.07) is 4.60. The fourth-order valence-electron chi connectivity index (χ4n) is 3.81. The van der Waals surface area contributed by atoms with Crippen LogP contribution in [0.5, 0.6) is 11.8 Å². The smallest absolute Gasteiger partial charge is 0.322 e. The molecule has 3 aromatic rings. The highest BCUT2D eigenvalue weighted by atomic mass is 19.1. The Balaban J connectivity index is 1.70. The summed E-state index contributed by atoms with van der Waals surface area (Å²) in [5, 5.41) is 11.2. The van der Waals surface area contributed by atoms with E-state index in [9.17, 15) is 4.39 Å². The number of nitrogens with zero attached hydrogens (tertiary/aromatic N) is 4. The normalized spacial score (nSPS) is 17.7. The maximum atomic E-state index is 13.6. The van der Waals surface area contributed by atoms with Crippen LogP contribution in [-0.4, -0.2) is 45.9 Å². The SMILES string of the molecule is COc1cc(F)ccc1[C@H](C)Nc1nc(O[C@@H]2CCCNC2)nc2c(C(C)C)cnn12. The fourth-order valence-corrected chi connectivity index (χ4v) is 3.81. The van der Waals surface area contributed by atoms with Gasteiger partial charge in [-0.15, -0.1) is 0 Å². The van der Waals surface area contributed by atoms with Crippen molar-refractivity contribution in [3.8, 4) is 11.8 Å². The number of fused-ring (bicyclic) bond motifs is 1. The standard InChI is InChI=1S/C22H29FN6O2/c1-13(2)18-12-25-29-20(18)27-22(31-16-6-5-9-24-11-16)28-21(29)26-14(3)17-8-7-15(23)10-19(17)30-4/h7-8,10,12-14,16,24H,5-6,9,11H2,1-4H3,(H,26,27,28)/t14-,16+/m0/s1. The number of rotatable bonds is 7. The summed E-state index contributed by atoms with van der Waals surface area (Å²) in [4.78, 5) is 9.28. The number of hydrogen-bond donors (Lipinski definition) is 2. The molecule has 0 spiro atoms. The van der Waals surface area contributed by atoms with Crippen molar-refractivity contribution in [3.63, 3.8) is 0 Å². The second-order valence-corrected chi connectivity index (χ2v) is 8.16. The predicted octanol–water partition coefficient (Wildman–Crippen LogP) is 3.70. The lowest BCUT2D eigenvalue weighted by Gasteiger charge is -2.23. The van der Waals surface area contributed by atoms with E-state index in [1.807, 2.05) is 13.1 Å². The maximum Gasteiger partial charge on any atom is 0.322 e. The molecule has 4 rings (SSSR count). The number of nitrogens with one attached hydrogen (secondary N) is 2. The highest BCUT2D eigenvalue weighted by Gasteiger charge is 2.21. The van der Waals surface area contributed by atoms with Crippen LogP contribution in [0.1, 0.15) is 56.7 Å². The molecule has 0 aliphatic carbocycles. The van der Waals surface area contributed by atoms with Crippen molar-refractivity contribution < 1.29 is 13.9 Å². The zero-order chi connectivity index (χ0) is 22.0. The van der Waals surface area contributed by atoms with E-state index in [0.717, 1.165) is 37.1 Å². The summed E-state index contributed by atoms with van der Waals surface area (Å²) >= 11 is 0. The lowest BCUT2D eigenvalue weighted by Crippen LogP contribution is -2.37. The molecule has 0 amide bonds. The van der Waals surface area contributed by atoms with Gasteiger partial charge in [-0.1, -0.05) is 19.9 Å². The van der Waals surface area contributed by atoms with Gasteiger partial charge in [0.05, 0.1) is 19.3 Å². The molecule has 2 N–H and O–H groups in total. The second kappa shape index (κ2) is 9.05. The Morgan fingerprint density at radius 1 is 1.23 bits per heavy atom. The molecule has 9 heteroatoms. The molecule has 2 atom stereocenters. The van der Waals surface area contributed by atoms with Crippen LogP contribution in [0.15, 0.2) is 24.4 Å². The van der Waals surface area contributed by atoms with Gasteiger partial charge in [0.25, 0.3) is 0 Å². The number of anilines is 1. The van der Waals surface area contributed by atoms with Crippen molar-refractivity contribution in [1.29, 1.82) is 0 Å². The van der Waals surface area contributed by atoms with Gasteiger partial charge < -0.3 is 20.1 Å². The average molecular weight is 429 g/mol. The number of ether oxygens (including phenoxy) is 2. The number of methoxy groups -OCH3 is 1. The Bertz CT molecular complexity index is 1050. The molecular formula is C22H29FN6O2. The predicted molar refractivity (Wildman–Crippen MR) is 116 cm³/mol. The van der Waals surface area contributed by atoms with E-state index < -0.39 is 0 Å². The molecule has 1 aromatic carbocycles. The molecule has 2 aromatic heterocycles. The van der Waals surface area contributed by atoms with Crippen LogP contribution >= 0.6 is 0 Å². The molecule has 1 saturated heterocycles. The largest absolute Gasteiger partial charge is 0.496 e. The first-order valence-corrected chi connectivity index (χ1v) is 10.7. The van der Waals surface area contributed by atoms with Gasteiger partial charge in [0.2, 0.25) is 5.95 Å². The van der Waals surface area contributed by atoms with E-state index in [4.69, 9.17) is 9.47 Å². The van der Waals surface area contributed by atoms with E-state index in [1.54, 1.807) is 10.6 Å². The van der Waals surface area contributed by atoms with Gasteiger partial charge in [-0.3, -0.25) is 0 Å². The van der Waals surface area contributed by atoms with E-state index in [0.29, 0.717) is 23.4 Å². The van der Waals surface area contributed by atoms with Gasteiger partial charge in [0.15, 0.2) is 5.65 Å². The lowest BCUT2D eigenvalue weighted by molar-refractivity contribution is 0.153. The van der Waals surface area contributed by atoms with Gasteiger partial charge in [0.1, 0.15) is 17.7 Å². The number of halogens is 1. The fraction of sp³-hybridized carbons (Fsp3) is 0.500. The van der Waals surface area contributed by atoms with Gasteiger partial charge >= 0.3 is 6.01 Å². The van der Waals surface area contributed by atoms with Crippen molar-refractivity contribution >= 4 is 11.6 Å². The van der Waals surface area contributed by atoms with Crippen LogP contribution in [0.25, 0.3) is 5.65 Å². The monoisotopic (exact) mass is 428 g/mol. The van der Waals surface area contributed by atoms with E-state index in [1.165, 1.54) is 19.2 Å². The molecular weight excluding hydrogens is 399 g/mol. The molecule has 3 heterocycles. The van der Waals surface area contributed by atoms with Gasteiger partial charge in [-0.25, -0.2) is 4.39 Å². The third-order valence-corrected chi connectivity index (χ3v) is 5.53. The zero-order valence-electron chi connectivity index (χ0n) is 18.4.